The lowest BCUT2D eigenvalue weighted by Gasteiger charge is -1.92. The molecule has 3 amide bonds. The number of hydrogen-bond acceptors (Lipinski definition) is 2. The summed E-state index contributed by atoms with van der Waals surface area (Å²) in [4.78, 5) is 20.1. The Hall–Kier alpha value is -1.13. The lowest BCUT2D eigenvalue weighted by molar-refractivity contribution is -0.119. The van der Waals surface area contributed by atoms with Crippen molar-refractivity contribution in [1.29, 1.82) is 0 Å². The summed E-state index contributed by atoms with van der Waals surface area (Å²) in [6, 6.07) is -0.977. The second-order valence-electron chi connectivity index (χ2n) is 1.37. The third-order valence-electron chi connectivity index (χ3n) is 0.749. The number of nitrogens with one attached hydrogen (secondary N) is 1. The quantitative estimate of drug-likeness (QED) is 0.342. The molecule has 1 aliphatic rings. The van der Waals surface area contributed by atoms with Gasteiger partial charge in [-0.1, -0.05) is 4.48 Å². The van der Waals surface area contributed by atoms with Crippen LogP contribution in [0.25, 0.3) is 0 Å². The maximum atomic E-state index is 11.8. The van der Waals surface area contributed by atoms with Crippen molar-refractivity contribution in [2.24, 2.45) is 0 Å². The molecule has 1 N–H and O–H groups in total. The highest BCUT2D eigenvalue weighted by molar-refractivity contribution is 6.01. The molecule has 0 aromatic rings. The average molecular weight is 118 g/mol. The summed E-state index contributed by atoms with van der Waals surface area (Å²) < 4.78 is 11.8. The first-order chi connectivity index (χ1) is 3.70. The first-order valence-electron chi connectivity index (χ1n) is 1.97. The summed E-state index contributed by atoms with van der Waals surface area (Å²) in [5, 5.41) is 1.56. The fourth-order valence-electron chi connectivity index (χ4n) is 0.417. The minimum absolute atomic E-state index is 0.178. The molecule has 0 aromatic carbocycles. The molecule has 8 heavy (non-hydrogen) atoms. The van der Waals surface area contributed by atoms with Gasteiger partial charge in [-0.05, 0) is 0 Å². The van der Waals surface area contributed by atoms with Crippen LogP contribution in [0.4, 0.5) is 9.28 Å². The van der Waals surface area contributed by atoms with Crippen molar-refractivity contribution in [3.05, 3.63) is 0 Å². The Bertz CT molecular complexity index is 146. The largest absolute Gasteiger partial charge is 0.352 e. The van der Waals surface area contributed by atoms with E-state index in [1.807, 2.05) is 0 Å². The smallest absolute Gasteiger partial charge is 0.274 e. The first-order valence-corrected chi connectivity index (χ1v) is 1.97. The summed E-state index contributed by atoms with van der Waals surface area (Å²) in [6.45, 7) is -0.473. The van der Waals surface area contributed by atoms with Gasteiger partial charge in [0.15, 0.2) is 0 Å². The normalized spacial score (nSPS) is 19.4. The molecule has 0 aliphatic carbocycles. The topological polar surface area (TPSA) is 49.4 Å². The zero-order valence-electron chi connectivity index (χ0n) is 3.85. The molecule has 0 saturated carbocycles. The Morgan fingerprint density at radius 3 is 2.38 bits per heavy atom. The molecule has 1 fully saturated rings. The third kappa shape index (κ3) is 0.617. The van der Waals surface area contributed by atoms with Gasteiger partial charge in [-0.3, -0.25) is 10.1 Å². The van der Waals surface area contributed by atoms with Gasteiger partial charge in [0.25, 0.3) is 5.91 Å². The number of carbonyl (C=O) groups is 2. The van der Waals surface area contributed by atoms with Crippen molar-refractivity contribution in [3.8, 4) is 0 Å². The van der Waals surface area contributed by atoms with E-state index in [0.29, 0.717) is 0 Å². The van der Waals surface area contributed by atoms with Crippen molar-refractivity contribution in [2.45, 2.75) is 0 Å². The van der Waals surface area contributed by atoms with Gasteiger partial charge < -0.3 is 0 Å². The number of rotatable bonds is 0. The van der Waals surface area contributed by atoms with Gasteiger partial charge in [0.1, 0.15) is 6.54 Å². The van der Waals surface area contributed by atoms with E-state index in [1.165, 1.54) is 0 Å². The highest BCUT2D eigenvalue weighted by atomic mass is 19.2. The molecule has 0 bridgehead atoms. The lowest BCUT2D eigenvalue weighted by atomic mass is 10.7. The highest BCUT2D eigenvalue weighted by Crippen LogP contribution is 1.95. The molecule has 0 atom stereocenters. The van der Waals surface area contributed by atoms with E-state index in [2.05, 4.69) is 0 Å². The molecule has 0 spiro atoms. The summed E-state index contributed by atoms with van der Waals surface area (Å²) in [5.74, 6) is -0.600. The Balaban J connectivity index is 2.64. The fourth-order valence-corrected chi connectivity index (χ4v) is 0.417. The third-order valence-corrected chi connectivity index (χ3v) is 0.749. The van der Waals surface area contributed by atoms with Crippen LogP contribution in [0.3, 0.4) is 0 Å². The highest BCUT2D eigenvalue weighted by Gasteiger charge is 2.26. The zero-order valence-corrected chi connectivity index (χ0v) is 3.85. The molecule has 1 saturated heterocycles. The number of urea groups is 1. The number of imide groups is 1. The van der Waals surface area contributed by atoms with E-state index in [0.717, 1.165) is 0 Å². The number of hydrogen-bond donors (Lipinski definition) is 1. The van der Waals surface area contributed by atoms with Crippen molar-refractivity contribution in [3.63, 3.8) is 0 Å². The van der Waals surface area contributed by atoms with Crippen LogP contribution in [0.5, 0.6) is 0 Å². The maximum absolute atomic E-state index is 11.8. The summed E-state index contributed by atoms with van der Waals surface area (Å²) in [5.41, 5.74) is 0. The number of halogens is 1. The molecule has 44 valence electrons. The van der Waals surface area contributed by atoms with Crippen LogP contribution in [-0.2, 0) is 4.79 Å². The van der Waals surface area contributed by atoms with Crippen LogP contribution in [0.2, 0.25) is 0 Å². The van der Waals surface area contributed by atoms with Crippen LogP contribution in [-0.4, -0.2) is 23.6 Å². The van der Waals surface area contributed by atoms with Gasteiger partial charge >= 0.3 is 6.03 Å². The summed E-state index contributed by atoms with van der Waals surface area (Å²) in [7, 11) is 0. The molecular weight excluding hydrogens is 115 g/mol. The Kier molecular flexibility index (Phi) is 0.896. The van der Waals surface area contributed by atoms with Gasteiger partial charge in [0.05, 0.1) is 0 Å². The summed E-state index contributed by atoms with van der Waals surface area (Å²) in [6.07, 6.45) is 0. The zero-order chi connectivity index (χ0) is 6.15. The molecule has 0 aromatic heterocycles. The molecular formula is C3H3FN2O2. The first kappa shape index (κ1) is 5.02. The van der Waals surface area contributed by atoms with Crippen LogP contribution >= 0.6 is 0 Å². The number of nitrogens with zero attached hydrogens (tertiary/aromatic N) is 1. The number of carbonyl (C=O) groups excluding carboxylic acids is 2. The maximum Gasteiger partial charge on any atom is 0.352 e. The van der Waals surface area contributed by atoms with Gasteiger partial charge in [-0.25, -0.2) is 4.79 Å². The van der Waals surface area contributed by atoms with E-state index < -0.39 is 18.5 Å². The predicted octanol–water partition coefficient (Wildman–Crippen LogP) is -0.577. The molecule has 1 heterocycles. The van der Waals surface area contributed by atoms with Crippen LogP contribution < -0.4 is 5.32 Å². The molecule has 4 nitrogen and oxygen atoms in total. The molecule has 0 unspecified atom stereocenters. The van der Waals surface area contributed by atoms with Crippen molar-refractivity contribution in [2.75, 3.05) is 6.54 Å². The molecule has 1 aliphatic heterocycles. The van der Waals surface area contributed by atoms with Gasteiger partial charge in [0, 0.05) is 0 Å². The Morgan fingerprint density at radius 2 is 2.25 bits per heavy atom. The monoisotopic (exact) mass is 118 g/mol. The molecule has 0 radical (unpaired) electrons. The summed E-state index contributed by atoms with van der Waals surface area (Å²) >= 11 is 0. The van der Waals surface area contributed by atoms with E-state index in [4.69, 9.17) is 0 Å². The van der Waals surface area contributed by atoms with E-state index in [1.54, 1.807) is 5.32 Å². The standard InChI is InChI=1S/C3H3FN2O2/c4-6-1-2(7)5-3(6)8/h1H2,(H,5,7,8). The second-order valence-corrected chi connectivity index (χ2v) is 1.37. The van der Waals surface area contributed by atoms with Crippen LogP contribution in [0.1, 0.15) is 0 Å². The second kappa shape index (κ2) is 1.43. The van der Waals surface area contributed by atoms with E-state index >= 15 is 0 Å². The lowest BCUT2D eigenvalue weighted by Crippen LogP contribution is -2.21. The van der Waals surface area contributed by atoms with Gasteiger partial charge in [0.2, 0.25) is 0 Å². The van der Waals surface area contributed by atoms with Crippen molar-refractivity contribution < 1.29 is 14.1 Å². The minimum Gasteiger partial charge on any atom is -0.274 e. The number of amides is 3. The minimum atomic E-state index is -0.977. The SMILES string of the molecule is O=C1CN(F)C(=O)N1. The Morgan fingerprint density at radius 1 is 1.62 bits per heavy atom. The van der Waals surface area contributed by atoms with Gasteiger partial charge in [-0.15, -0.1) is 0 Å². The average Bonchev–Trinajstić information content (AvgIpc) is 1.85. The Labute approximate surface area is 44.2 Å². The predicted molar refractivity (Wildman–Crippen MR) is 21.4 cm³/mol. The fraction of sp³-hybridized carbons (Fsp3) is 0.333. The molecule has 5 heteroatoms. The molecule has 1 rings (SSSR count). The van der Waals surface area contributed by atoms with Crippen LogP contribution in [0.15, 0.2) is 0 Å². The van der Waals surface area contributed by atoms with E-state index in [-0.39, 0.29) is 5.12 Å². The van der Waals surface area contributed by atoms with Crippen molar-refractivity contribution in [1.82, 2.24) is 10.4 Å². The van der Waals surface area contributed by atoms with Crippen molar-refractivity contribution >= 4 is 11.9 Å². The van der Waals surface area contributed by atoms with Gasteiger partial charge in [-0.2, -0.15) is 5.12 Å². The van der Waals surface area contributed by atoms with Crippen LogP contribution in [0, 0.1) is 0 Å². The van der Waals surface area contributed by atoms with E-state index in [9.17, 15) is 14.1 Å².